The molecule has 20 heavy (non-hydrogen) atoms. The van der Waals surface area contributed by atoms with Crippen LogP contribution in [0.2, 0.25) is 0 Å². The summed E-state index contributed by atoms with van der Waals surface area (Å²) in [4.78, 5) is 0. The zero-order chi connectivity index (χ0) is 15.0. The van der Waals surface area contributed by atoms with Gasteiger partial charge in [0.25, 0.3) is 0 Å². The van der Waals surface area contributed by atoms with Crippen LogP contribution < -0.4 is 5.32 Å². The van der Waals surface area contributed by atoms with Crippen molar-refractivity contribution in [2.75, 3.05) is 0 Å². The molecule has 1 aromatic rings. The number of aromatic hydroxyl groups is 1. The Hall–Kier alpha value is -1.02. The molecule has 2 rings (SSSR count). The normalized spacial score (nSPS) is 23.4. The lowest BCUT2D eigenvalue weighted by atomic mass is 9.63. The van der Waals surface area contributed by atoms with Crippen molar-refractivity contribution in [1.29, 1.82) is 0 Å². The molecule has 0 heterocycles. The molecule has 1 aliphatic rings. The predicted octanol–water partition coefficient (Wildman–Crippen LogP) is 4.65. The van der Waals surface area contributed by atoms with Gasteiger partial charge in [-0.1, -0.05) is 45.9 Å². The van der Waals surface area contributed by atoms with E-state index in [0.717, 1.165) is 5.56 Å². The molecule has 1 aromatic carbocycles. The van der Waals surface area contributed by atoms with Crippen LogP contribution >= 0.6 is 0 Å². The number of hydrogen-bond acceptors (Lipinski definition) is 2. The number of phenolic OH excluding ortho intramolecular Hbond substituents is 1. The van der Waals surface area contributed by atoms with Crippen molar-refractivity contribution >= 4 is 0 Å². The van der Waals surface area contributed by atoms with Gasteiger partial charge in [0, 0.05) is 17.6 Å². The summed E-state index contributed by atoms with van der Waals surface area (Å²) in [6.07, 6.45) is 3.69. The molecule has 0 spiro atoms. The molecule has 1 atom stereocenters. The van der Waals surface area contributed by atoms with Crippen molar-refractivity contribution in [3.05, 3.63) is 29.8 Å². The van der Waals surface area contributed by atoms with E-state index >= 15 is 0 Å². The summed E-state index contributed by atoms with van der Waals surface area (Å²) in [5.41, 5.74) is 1.77. The summed E-state index contributed by atoms with van der Waals surface area (Å²) < 4.78 is 0. The fraction of sp³-hybridized carbons (Fsp3) is 0.667. The van der Waals surface area contributed by atoms with Crippen LogP contribution in [-0.2, 0) is 0 Å². The summed E-state index contributed by atoms with van der Waals surface area (Å²) in [5.74, 6) is 0.391. The Morgan fingerprint density at radius 1 is 1.10 bits per heavy atom. The van der Waals surface area contributed by atoms with Gasteiger partial charge in [-0.3, -0.25) is 0 Å². The zero-order valence-corrected chi connectivity index (χ0v) is 13.5. The second kappa shape index (κ2) is 5.40. The van der Waals surface area contributed by atoms with Gasteiger partial charge in [-0.2, -0.15) is 0 Å². The molecule has 0 aliphatic heterocycles. The predicted molar refractivity (Wildman–Crippen MR) is 84.9 cm³/mol. The van der Waals surface area contributed by atoms with E-state index in [-0.39, 0.29) is 6.04 Å². The van der Waals surface area contributed by atoms with E-state index < -0.39 is 0 Å². The van der Waals surface area contributed by atoms with Gasteiger partial charge in [-0.05, 0) is 43.1 Å². The third kappa shape index (κ3) is 3.76. The third-order valence-electron chi connectivity index (χ3n) is 4.44. The summed E-state index contributed by atoms with van der Waals surface area (Å²) in [7, 11) is 0. The average Bonchev–Trinajstić information content (AvgIpc) is 2.24. The summed E-state index contributed by atoms with van der Waals surface area (Å²) >= 11 is 0. The number of nitrogens with one attached hydrogen (secondary N) is 1. The first kappa shape index (κ1) is 15.4. The van der Waals surface area contributed by atoms with Gasteiger partial charge >= 0.3 is 0 Å². The van der Waals surface area contributed by atoms with Crippen molar-refractivity contribution in [3.8, 4) is 5.75 Å². The lowest BCUT2D eigenvalue weighted by Crippen LogP contribution is -2.44. The first-order chi connectivity index (χ1) is 9.19. The highest BCUT2D eigenvalue weighted by atomic mass is 16.3. The number of hydrogen-bond donors (Lipinski definition) is 2. The second-order valence-corrected chi connectivity index (χ2v) is 8.06. The van der Waals surface area contributed by atoms with Crippen molar-refractivity contribution in [2.45, 2.75) is 66.0 Å². The Bertz CT molecular complexity index is 448. The molecule has 1 aliphatic carbocycles. The van der Waals surface area contributed by atoms with Gasteiger partial charge in [0.1, 0.15) is 5.75 Å². The van der Waals surface area contributed by atoms with Crippen LogP contribution in [0.25, 0.3) is 0 Å². The third-order valence-corrected chi connectivity index (χ3v) is 4.44. The van der Waals surface area contributed by atoms with Crippen molar-refractivity contribution < 1.29 is 5.11 Å². The molecule has 1 fully saturated rings. The first-order valence-electron chi connectivity index (χ1n) is 7.73. The molecule has 112 valence electrons. The largest absolute Gasteiger partial charge is 0.508 e. The Morgan fingerprint density at radius 3 is 2.20 bits per heavy atom. The molecule has 0 saturated heterocycles. The van der Waals surface area contributed by atoms with Crippen molar-refractivity contribution in [3.63, 3.8) is 0 Å². The highest BCUT2D eigenvalue weighted by molar-refractivity contribution is 5.34. The van der Waals surface area contributed by atoms with Crippen molar-refractivity contribution in [1.82, 2.24) is 5.32 Å². The molecule has 0 bridgehead atoms. The lowest BCUT2D eigenvalue weighted by molar-refractivity contribution is 0.0810. The molecule has 2 heteroatoms. The van der Waals surface area contributed by atoms with Crippen LogP contribution in [0.1, 0.15) is 65.5 Å². The zero-order valence-electron chi connectivity index (χ0n) is 13.5. The monoisotopic (exact) mass is 275 g/mol. The van der Waals surface area contributed by atoms with E-state index in [0.29, 0.717) is 22.6 Å². The highest BCUT2D eigenvalue weighted by Crippen LogP contribution is 2.46. The molecule has 0 amide bonds. The maximum absolute atomic E-state index is 9.98. The molecule has 0 aromatic heterocycles. The van der Waals surface area contributed by atoms with E-state index in [1.54, 1.807) is 6.07 Å². The molecule has 0 radical (unpaired) electrons. The van der Waals surface area contributed by atoms with E-state index in [1.165, 1.54) is 19.3 Å². The number of para-hydroxylation sites is 1. The average molecular weight is 275 g/mol. The number of benzene rings is 1. The molecule has 1 unspecified atom stereocenters. The summed E-state index contributed by atoms with van der Waals surface area (Å²) in [5, 5.41) is 13.7. The van der Waals surface area contributed by atoms with E-state index in [4.69, 9.17) is 0 Å². The van der Waals surface area contributed by atoms with Crippen LogP contribution in [0.5, 0.6) is 5.75 Å². The van der Waals surface area contributed by atoms with E-state index in [9.17, 15) is 5.11 Å². The van der Waals surface area contributed by atoms with E-state index in [1.807, 2.05) is 18.2 Å². The SMILES string of the molecule is CC(NC1CC(C)(C)CC(C)(C)C1)c1ccccc1O. The molecule has 2 nitrogen and oxygen atoms in total. The van der Waals surface area contributed by atoms with Crippen LogP contribution in [0.4, 0.5) is 0 Å². The summed E-state index contributed by atoms with van der Waals surface area (Å²) in [6.45, 7) is 11.6. The summed E-state index contributed by atoms with van der Waals surface area (Å²) in [6, 6.07) is 8.34. The maximum Gasteiger partial charge on any atom is 0.120 e. The number of phenols is 1. The van der Waals surface area contributed by atoms with Crippen LogP contribution in [0, 0.1) is 10.8 Å². The Kier molecular flexibility index (Phi) is 4.15. The van der Waals surface area contributed by atoms with E-state index in [2.05, 4.69) is 39.9 Å². The lowest BCUT2D eigenvalue weighted by Gasteiger charge is -2.46. The molecule has 2 N–H and O–H groups in total. The van der Waals surface area contributed by atoms with Gasteiger partial charge in [-0.25, -0.2) is 0 Å². The quantitative estimate of drug-likeness (QED) is 0.841. The number of rotatable bonds is 3. The Balaban J connectivity index is 2.08. The van der Waals surface area contributed by atoms with Gasteiger partial charge in [0.2, 0.25) is 0 Å². The Morgan fingerprint density at radius 2 is 1.65 bits per heavy atom. The van der Waals surface area contributed by atoms with Crippen LogP contribution in [-0.4, -0.2) is 11.1 Å². The van der Waals surface area contributed by atoms with Gasteiger partial charge in [0.05, 0.1) is 0 Å². The minimum atomic E-state index is 0.186. The van der Waals surface area contributed by atoms with Gasteiger partial charge in [-0.15, -0.1) is 0 Å². The van der Waals surface area contributed by atoms with Crippen LogP contribution in [0.3, 0.4) is 0 Å². The maximum atomic E-state index is 9.98. The van der Waals surface area contributed by atoms with Gasteiger partial charge < -0.3 is 10.4 Å². The Labute approximate surface area is 123 Å². The molecular formula is C18H29NO. The smallest absolute Gasteiger partial charge is 0.120 e. The second-order valence-electron chi connectivity index (χ2n) is 8.06. The standard InChI is InChI=1S/C18H29NO/c1-13(15-8-6-7-9-16(15)20)19-14-10-17(2,3)12-18(4,5)11-14/h6-9,13-14,19-20H,10-12H2,1-5H3. The highest BCUT2D eigenvalue weighted by Gasteiger charge is 2.38. The first-order valence-corrected chi connectivity index (χ1v) is 7.73. The topological polar surface area (TPSA) is 32.3 Å². The fourth-order valence-electron chi connectivity index (χ4n) is 4.26. The minimum Gasteiger partial charge on any atom is -0.508 e. The fourth-order valence-corrected chi connectivity index (χ4v) is 4.26. The van der Waals surface area contributed by atoms with Crippen molar-refractivity contribution in [2.24, 2.45) is 10.8 Å². The molecule has 1 saturated carbocycles. The van der Waals surface area contributed by atoms with Crippen LogP contribution in [0.15, 0.2) is 24.3 Å². The minimum absolute atomic E-state index is 0.186. The van der Waals surface area contributed by atoms with Gasteiger partial charge in [0.15, 0.2) is 0 Å². The molecular weight excluding hydrogens is 246 g/mol.